The number of ether oxygens (including phenoxy) is 2. The summed E-state index contributed by atoms with van der Waals surface area (Å²) in [4.78, 5) is 29.0. The normalized spacial score (nSPS) is 18.7. The third-order valence-electron chi connectivity index (χ3n) is 5.48. The predicted octanol–water partition coefficient (Wildman–Crippen LogP) is 2.17. The van der Waals surface area contributed by atoms with Gasteiger partial charge in [-0.05, 0) is 36.2 Å². The Morgan fingerprint density at radius 1 is 1.00 bits per heavy atom. The summed E-state index contributed by atoms with van der Waals surface area (Å²) in [6.07, 6.45) is 0.350. The van der Waals surface area contributed by atoms with Crippen LogP contribution in [0.5, 0.6) is 11.5 Å². The van der Waals surface area contributed by atoms with Gasteiger partial charge in [-0.3, -0.25) is 14.5 Å². The van der Waals surface area contributed by atoms with Crippen molar-refractivity contribution in [2.45, 2.75) is 19.4 Å². The molecule has 7 nitrogen and oxygen atoms in total. The Morgan fingerprint density at radius 3 is 2.40 bits per heavy atom. The summed E-state index contributed by atoms with van der Waals surface area (Å²) < 4.78 is 11.5. The maximum atomic E-state index is 12.8. The number of amides is 2. The SMILES string of the molecule is CCc1ccc(NC(=O)CN2CCN(C(=O)[C@H]3COc4ccccc4O3)CC2)cc1. The lowest BCUT2D eigenvalue weighted by molar-refractivity contribution is -0.143. The van der Waals surface area contributed by atoms with Gasteiger partial charge in [0.25, 0.3) is 5.91 Å². The van der Waals surface area contributed by atoms with Crippen molar-refractivity contribution in [3.63, 3.8) is 0 Å². The smallest absolute Gasteiger partial charge is 0.267 e. The van der Waals surface area contributed by atoms with Gasteiger partial charge < -0.3 is 19.7 Å². The van der Waals surface area contributed by atoms with Crippen molar-refractivity contribution < 1.29 is 19.1 Å². The number of para-hydroxylation sites is 2. The van der Waals surface area contributed by atoms with E-state index < -0.39 is 6.10 Å². The van der Waals surface area contributed by atoms with E-state index in [0.29, 0.717) is 44.2 Å². The molecular weight excluding hydrogens is 382 g/mol. The van der Waals surface area contributed by atoms with Crippen LogP contribution < -0.4 is 14.8 Å². The number of rotatable bonds is 5. The molecule has 2 amide bonds. The number of aryl methyl sites for hydroxylation is 1. The molecule has 158 valence electrons. The van der Waals surface area contributed by atoms with Gasteiger partial charge in [0.15, 0.2) is 11.5 Å². The molecule has 2 aliphatic rings. The molecule has 0 saturated carbocycles. The quantitative estimate of drug-likeness (QED) is 0.820. The highest BCUT2D eigenvalue weighted by Crippen LogP contribution is 2.31. The van der Waals surface area contributed by atoms with E-state index in [4.69, 9.17) is 9.47 Å². The first-order chi connectivity index (χ1) is 14.6. The molecule has 2 aromatic carbocycles. The molecule has 1 saturated heterocycles. The topological polar surface area (TPSA) is 71.1 Å². The average Bonchev–Trinajstić information content (AvgIpc) is 2.79. The number of benzene rings is 2. The molecule has 0 aromatic heterocycles. The summed E-state index contributed by atoms with van der Waals surface area (Å²) in [6.45, 7) is 5.07. The van der Waals surface area contributed by atoms with Crippen LogP contribution in [-0.4, -0.2) is 67.0 Å². The van der Waals surface area contributed by atoms with Gasteiger partial charge >= 0.3 is 0 Å². The Balaban J connectivity index is 1.23. The van der Waals surface area contributed by atoms with Gasteiger partial charge in [-0.15, -0.1) is 0 Å². The van der Waals surface area contributed by atoms with Crippen LogP contribution in [0.1, 0.15) is 12.5 Å². The summed E-state index contributed by atoms with van der Waals surface area (Å²) >= 11 is 0. The summed E-state index contributed by atoms with van der Waals surface area (Å²) in [7, 11) is 0. The maximum Gasteiger partial charge on any atom is 0.267 e. The molecule has 2 heterocycles. The molecular formula is C23H27N3O4. The molecule has 30 heavy (non-hydrogen) atoms. The van der Waals surface area contributed by atoms with E-state index in [1.807, 2.05) is 42.5 Å². The molecule has 2 aliphatic heterocycles. The van der Waals surface area contributed by atoms with E-state index in [2.05, 4.69) is 17.1 Å². The minimum absolute atomic E-state index is 0.0420. The van der Waals surface area contributed by atoms with Gasteiger partial charge in [-0.1, -0.05) is 31.2 Å². The number of hydrogen-bond acceptors (Lipinski definition) is 5. The van der Waals surface area contributed by atoms with Crippen molar-refractivity contribution in [3.8, 4) is 11.5 Å². The lowest BCUT2D eigenvalue weighted by Gasteiger charge is -2.36. The second kappa shape index (κ2) is 9.17. The van der Waals surface area contributed by atoms with Crippen LogP contribution in [-0.2, 0) is 16.0 Å². The maximum absolute atomic E-state index is 12.8. The van der Waals surface area contributed by atoms with E-state index in [0.717, 1.165) is 12.1 Å². The van der Waals surface area contributed by atoms with Crippen molar-refractivity contribution in [1.29, 1.82) is 0 Å². The number of anilines is 1. The highest BCUT2D eigenvalue weighted by atomic mass is 16.6. The summed E-state index contributed by atoms with van der Waals surface area (Å²) in [5, 5.41) is 2.94. The largest absolute Gasteiger partial charge is 0.485 e. The Morgan fingerprint density at radius 2 is 1.70 bits per heavy atom. The fraction of sp³-hybridized carbons (Fsp3) is 0.391. The van der Waals surface area contributed by atoms with Crippen LogP contribution in [0.3, 0.4) is 0 Å². The minimum Gasteiger partial charge on any atom is -0.485 e. The highest BCUT2D eigenvalue weighted by molar-refractivity contribution is 5.92. The van der Waals surface area contributed by atoms with Crippen LogP contribution in [0, 0.1) is 0 Å². The van der Waals surface area contributed by atoms with Gasteiger partial charge in [0.1, 0.15) is 6.61 Å². The zero-order valence-electron chi connectivity index (χ0n) is 17.2. The molecule has 1 atom stereocenters. The lowest BCUT2D eigenvalue weighted by Crippen LogP contribution is -2.54. The first-order valence-electron chi connectivity index (χ1n) is 10.4. The van der Waals surface area contributed by atoms with E-state index in [9.17, 15) is 9.59 Å². The van der Waals surface area contributed by atoms with E-state index >= 15 is 0 Å². The molecule has 0 radical (unpaired) electrons. The highest BCUT2D eigenvalue weighted by Gasteiger charge is 2.32. The van der Waals surface area contributed by atoms with Crippen molar-refractivity contribution in [1.82, 2.24) is 9.80 Å². The molecule has 2 aromatic rings. The van der Waals surface area contributed by atoms with Crippen molar-refractivity contribution in [2.24, 2.45) is 0 Å². The molecule has 0 bridgehead atoms. The zero-order valence-corrected chi connectivity index (χ0v) is 17.2. The van der Waals surface area contributed by atoms with Crippen LogP contribution in [0.15, 0.2) is 48.5 Å². The van der Waals surface area contributed by atoms with Crippen molar-refractivity contribution in [3.05, 3.63) is 54.1 Å². The number of fused-ring (bicyclic) bond motifs is 1. The monoisotopic (exact) mass is 409 g/mol. The molecule has 1 fully saturated rings. The number of piperazine rings is 1. The third-order valence-corrected chi connectivity index (χ3v) is 5.48. The van der Waals surface area contributed by atoms with Crippen LogP contribution in [0.2, 0.25) is 0 Å². The van der Waals surface area contributed by atoms with Gasteiger partial charge in [-0.2, -0.15) is 0 Å². The number of nitrogens with zero attached hydrogens (tertiary/aromatic N) is 2. The summed E-state index contributed by atoms with van der Waals surface area (Å²) in [5.74, 6) is 1.16. The lowest BCUT2D eigenvalue weighted by atomic mass is 10.1. The second-order valence-corrected chi connectivity index (χ2v) is 7.56. The molecule has 1 N–H and O–H groups in total. The molecule has 0 spiro atoms. The zero-order chi connectivity index (χ0) is 20.9. The second-order valence-electron chi connectivity index (χ2n) is 7.56. The predicted molar refractivity (Wildman–Crippen MR) is 114 cm³/mol. The molecule has 0 aliphatic carbocycles. The van der Waals surface area contributed by atoms with Crippen LogP contribution in [0.4, 0.5) is 5.69 Å². The van der Waals surface area contributed by atoms with Gasteiger partial charge in [0.05, 0.1) is 6.54 Å². The minimum atomic E-state index is -0.624. The average molecular weight is 409 g/mol. The molecule has 4 rings (SSSR count). The fourth-order valence-electron chi connectivity index (χ4n) is 3.70. The molecule has 0 unspecified atom stereocenters. The van der Waals surface area contributed by atoms with Gasteiger partial charge in [-0.25, -0.2) is 0 Å². The van der Waals surface area contributed by atoms with Gasteiger partial charge in [0, 0.05) is 31.9 Å². The number of carbonyl (C=O) groups excluding carboxylic acids is 2. The number of carbonyl (C=O) groups is 2. The first-order valence-corrected chi connectivity index (χ1v) is 10.4. The van der Waals surface area contributed by atoms with Gasteiger partial charge in [0.2, 0.25) is 12.0 Å². The number of hydrogen-bond donors (Lipinski definition) is 1. The Kier molecular flexibility index (Phi) is 6.18. The molecule has 7 heteroatoms. The van der Waals surface area contributed by atoms with E-state index in [-0.39, 0.29) is 18.4 Å². The first kappa shape index (κ1) is 20.2. The van der Waals surface area contributed by atoms with Crippen LogP contribution >= 0.6 is 0 Å². The standard InChI is InChI=1S/C23H27N3O4/c1-2-17-7-9-18(10-8-17)24-22(27)15-25-11-13-26(14-12-25)23(28)21-16-29-19-5-3-4-6-20(19)30-21/h3-10,21H,2,11-16H2,1H3,(H,24,27)/t21-/m1/s1. The Hall–Kier alpha value is -3.06. The van der Waals surface area contributed by atoms with Crippen molar-refractivity contribution in [2.75, 3.05) is 44.6 Å². The third kappa shape index (κ3) is 4.74. The summed E-state index contributed by atoms with van der Waals surface area (Å²) in [5.41, 5.74) is 2.05. The van der Waals surface area contributed by atoms with Crippen molar-refractivity contribution >= 4 is 17.5 Å². The fourth-order valence-corrected chi connectivity index (χ4v) is 3.70. The Labute approximate surface area is 176 Å². The van der Waals surface area contributed by atoms with Crippen LogP contribution in [0.25, 0.3) is 0 Å². The van der Waals surface area contributed by atoms with E-state index in [1.54, 1.807) is 11.0 Å². The Bertz CT molecular complexity index is 892. The van der Waals surface area contributed by atoms with E-state index in [1.165, 1.54) is 5.56 Å². The summed E-state index contributed by atoms with van der Waals surface area (Å²) in [6, 6.07) is 15.3. The number of nitrogens with one attached hydrogen (secondary N) is 1.